The van der Waals surface area contributed by atoms with Crippen LogP contribution in [0.1, 0.15) is 26.7 Å². The van der Waals surface area contributed by atoms with Crippen LogP contribution < -0.4 is 5.73 Å². The number of ether oxygens (including phenoxy) is 1. The summed E-state index contributed by atoms with van der Waals surface area (Å²) in [5, 5.41) is 0. The van der Waals surface area contributed by atoms with Gasteiger partial charge in [0.2, 0.25) is 0 Å². The smallest absolute Gasteiger partial charge is 0.322 e. The van der Waals surface area contributed by atoms with Crippen molar-refractivity contribution in [3.05, 3.63) is 0 Å². The number of esters is 1. The number of hydrogen-bond donors (Lipinski definition) is 1. The maximum absolute atomic E-state index is 11.4. The van der Waals surface area contributed by atoms with Gasteiger partial charge < -0.3 is 10.5 Å². The molecule has 4 heteroatoms. The molecule has 15 heavy (non-hydrogen) atoms. The van der Waals surface area contributed by atoms with Crippen molar-refractivity contribution in [3.8, 4) is 0 Å². The summed E-state index contributed by atoms with van der Waals surface area (Å²) in [5.41, 5.74) is 6.02. The molecule has 0 bridgehead atoms. The second-order valence-electron chi connectivity index (χ2n) is 4.31. The lowest BCUT2D eigenvalue weighted by molar-refractivity contribution is -0.147. The van der Waals surface area contributed by atoms with E-state index in [0.717, 1.165) is 25.9 Å². The second kappa shape index (κ2) is 5.47. The van der Waals surface area contributed by atoms with Crippen molar-refractivity contribution >= 4 is 5.97 Å². The van der Waals surface area contributed by atoms with Crippen molar-refractivity contribution < 1.29 is 9.53 Å². The molecule has 0 radical (unpaired) electrons. The highest BCUT2D eigenvalue weighted by atomic mass is 16.5. The van der Waals surface area contributed by atoms with Crippen molar-refractivity contribution in [3.63, 3.8) is 0 Å². The third-order valence-corrected chi connectivity index (χ3v) is 3.44. The van der Waals surface area contributed by atoms with Gasteiger partial charge in [-0.3, -0.25) is 9.69 Å². The van der Waals surface area contributed by atoms with Crippen LogP contribution in [0.3, 0.4) is 0 Å². The van der Waals surface area contributed by atoms with Gasteiger partial charge in [-0.15, -0.1) is 0 Å². The number of nitrogens with zero attached hydrogens (tertiary/aromatic N) is 1. The summed E-state index contributed by atoms with van der Waals surface area (Å²) >= 11 is 0. The van der Waals surface area contributed by atoms with E-state index in [4.69, 9.17) is 10.5 Å². The van der Waals surface area contributed by atoms with E-state index in [1.54, 1.807) is 0 Å². The molecule has 0 spiro atoms. The third-order valence-electron chi connectivity index (χ3n) is 3.44. The van der Waals surface area contributed by atoms with Crippen LogP contribution in [0.25, 0.3) is 0 Å². The fourth-order valence-corrected chi connectivity index (χ4v) is 2.18. The van der Waals surface area contributed by atoms with Crippen molar-refractivity contribution in [1.29, 1.82) is 0 Å². The molecule has 3 unspecified atom stereocenters. The number of piperidine rings is 1. The molecule has 1 saturated heterocycles. The number of hydrogen-bond acceptors (Lipinski definition) is 4. The van der Waals surface area contributed by atoms with Crippen LogP contribution in [-0.4, -0.2) is 43.2 Å². The van der Waals surface area contributed by atoms with Gasteiger partial charge in [-0.2, -0.15) is 0 Å². The van der Waals surface area contributed by atoms with Crippen molar-refractivity contribution in [2.24, 2.45) is 11.7 Å². The van der Waals surface area contributed by atoms with Crippen LogP contribution in [0.4, 0.5) is 0 Å². The summed E-state index contributed by atoms with van der Waals surface area (Å²) in [5.74, 6) is 0.353. The molecule has 88 valence electrons. The van der Waals surface area contributed by atoms with Gasteiger partial charge in [0.05, 0.1) is 7.11 Å². The average Bonchev–Trinajstić information content (AvgIpc) is 2.27. The molecular formula is C11H22N2O2. The first-order valence-electron chi connectivity index (χ1n) is 5.67. The summed E-state index contributed by atoms with van der Waals surface area (Å²) in [6, 6.07) is 0.146. The summed E-state index contributed by atoms with van der Waals surface area (Å²) in [6.07, 6.45) is 2.05. The molecule has 0 amide bonds. The Morgan fingerprint density at radius 1 is 1.67 bits per heavy atom. The van der Waals surface area contributed by atoms with Gasteiger partial charge in [-0.05, 0) is 19.3 Å². The molecule has 0 aromatic rings. The summed E-state index contributed by atoms with van der Waals surface area (Å²) < 4.78 is 4.75. The highest BCUT2D eigenvalue weighted by molar-refractivity contribution is 5.75. The molecule has 1 heterocycles. The fraction of sp³-hybridized carbons (Fsp3) is 0.909. The molecule has 0 aromatic heterocycles. The Morgan fingerprint density at radius 3 is 2.87 bits per heavy atom. The molecule has 1 fully saturated rings. The fourth-order valence-electron chi connectivity index (χ4n) is 2.18. The molecule has 1 rings (SSSR count). The Hall–Kier alpha value is -0.610. The Balaban J connectivity index is 2.54. The third kappa shape index (κ3) is 2.92. The molecule has 1 aliphatic heterocycles. The zero-order valence-electron chi connectivity index (χ0n) is 9.90. The Bertz CT molecular complexity index is 221. The van der Waals surface area contributed by atoms with Gasteiger partial charge in [-0.1, -0.05) is 13.3 Å². The molecule has 1 aliphatic rings. The first-order chi connectivity index (χ1) is 7.10. The van der Waals surface area contributed by atoms with E-state index in [1.165, 1.54) is 7.11 Å². The molecule has 2 N–H and O–H groups in total. The molecule has 4 nitrogen and oxygen atoms in total. The van der Waals surface area contributed by atoms with E-state index in [1.807, 2.05) is 6.92 Å². The number of nitrogens with two attached hydrogens (primary N) is 1. The maximum Gasteiger partial charge on any atom is 0.322 e. The van der Waals surface area contributed by atoms with E-state index < -0.39 is 0 Å². The first kappa shape index (κ1) is 12.5. The number of methoxy groups -OCH3 is 1. The zero-order valence-corrected chi connectivity index (χ0v) is 9.90. The van der Waals surface area contributed by atoms with Crippen LogP contribution >= 0.6 is 0 Å². The molecule has 0 saturated carbocycles. The van der Waals surface area contributed by atoms with E-state index in [0.29, 0.717) is 5.92 Å². The minimum Gasteiger partial charge on any atom is -0.468 e. The number of likely N-dealkylation sites (tertiary alicyclic amines) is 1. The normalized spacial score (nSPS) is 29.9. The van der Waals surface area contributed by atoms with Gasteiger partial charge in [0.15, 0.2) is 0 Å². The highest BCUT2D eigenvalue weighted by Crippen LogP contribution is 2.20. The molecule has 0 aliphatic carbocycles. The predicted molar refractivity (Wildman–Crippen MR) is 59.4 cm³/mol. The van der Waals surface area contributed by atoms with Crippen LogP contribution in [0.5, 0.6) is 0 Å². The van der Waals surface area contributed by atoms with Gasteiger partial charge in [0.1, 0.15) is 6.04 Å². The van der Waals surface area contributed by atoms with Crippen LogP contribution in [0, 0.1) is 5.92 Å². The van der Waals surface area contributed by atoms with E-state index in [2.05, 4.69) is 11.8 Å². The summed E-state index contributed by atoms with van der Waals surface area (Å²) in [4.78, 5) is 13.6. The van der Waals surface area contributed by atoms with Crippen molar-refractivity contribution in [1.82, 2.24) is 4.90 Å². The van der Waals surface area contributed by atoms with Crippen LogP contribution in [0.2, 0.25) is 0 Å². The SMILES string of the molecule is CCC1CN(C(C)C(=O)OC)CCC1N. The monoisotopic (exact) mass is 214 g/mol. The Kier molecular flexibility index (Phi) is 4.54. The largest absolute Gasteiger partial charge is 0.468 e. The van der Waals surface area contributed by atoms with E-state index in [-0.39, 0.29) is 18.1 Å². The number of rotatable bonds is 3. The van der Waals surface area contributed by atoms with Gasteiger partial charge in [0, 0.05) is 19.1 Å². The average molecular weight is 214 g/mol. The highest BCUT2D eigenvalue weighted by Gasteiger charge is 2.30. The maximum atomic E-state index is 11.4. The minimum absolute atomic E-state index is 0.142. The lowest BCUT2D eigenvalue weighted by atomic mass is 9.90. The van der Waals surface area contributed by atoms with Crippen molar-refractivity contribution in [2.45, 2.75) is 38.8 Å². The number of carbonyl (C=O) groups is 1. The van der Waals surface area contributed by atoms with Crippen LogP contribution in [0.15, 0.2) is 0 Å². The Labute approximate surface area is 91.8 Å². The van der Waals surface area contributed by atoms with E-state index >= 15 is 0 Å². The zero-order chi connectivity index (χ0) is 11.4. The van der Waals surface area contributed by atoms with Crippen molar-refractivity contribution in [2.75, 3.05) is 20.2 Å². The summed E-state index contributed by atoms with van der Waals surface area (Å²) in [6.45, 7) is 5.86. The molecule has 3 atom stereocenters. The second-order valence-corrected chi connectivity index (χ2v) is 4.31. The topological polar surface area (TPSA) is 55.6 Å². The molecule has 0 aromatic carbocycles. The predicted octanol–water partition coefficient (Wildman–Crippen LogP) is 0.607. The lowest BCUT2D eigenvalue weighted by Gasteiger charge is -2.38. The first-order valence-corrected chi connectivity index (χ1v) is 5.67. The van der Waals surface area contributed by atoms with Gasteiger partial charge in [-0.25, -0.2) is 0 Å². The summed E-state index contributed by atoms with van der Waals surface area (Å²) in [7, 11) is 1.44. The number of carbonyl (C=O) groups excluding carboxylic acids is 1. The standard InChI is InChI=1S/C11H22N2O2/c1-4-9-7-13(6-5-10(9)12)8(2)11(14)15-3/h8-10H,4-7,12H2,1-3H3. The van der Waals surface area contributed by atoms with Gasteiger partial charge >= 0.3 is 5.97 Å². The minimum atomic E-state index is -0.152. The lowest BCUT2D eigenvalue weighted by Crippen LogP contribution is -2.52. The molecular weight excluding hydrogens is 192 g/mol. The van der Waals surface area contributed by atoms with Crippen LogP contribution in [-0.2, 0) is 9.53 Å². The Morgan fingerprint density at radius 2 is 2.33 bits per heavy atom. The van der Waals surface area contributed by atoms with Gasteiger partial charge in [0.25, 0.3) is 0 Å². The quantitative estimate of drug-likeness (QED) is 0.699. The van der Waals surface area contributed by atoms with E-state index in [9.17, 15) is 4.79 Å².